The first-order chi connectivity index (χ1) is 10.4. The summed E-state index contributed by atoms with van der Waals surface area (Å²) in [6, 6.07) is 0. The minimum Gasteiger partial charge on any atom is -0.458 e. The third-order valence-electron chi connectivity index (χ3n) is 5.77. The number of ketones is 1. The molecule has 0 radical (unpaired) electrons. The van der Waals surface area contributed by atoms with Crippen LogP contribution in [0.5, 0.6) is 0 Å². The molecule has 0 aromatic carbocycles. The molecule has 23 heavy (non-hydrogen) atoms. The van der Waals surface area contributed by atoms with Crippen molar-refractivity contribution in [1.82, 2.24) is 0 Å². The molecular formula is C17H29IO4Si. The molecule has 2 heterocycles. The molecule has 1 saturated carbocycles. The van der Waals surface area contributed by atoms with E-state index in [1.54, 1.807) is 0 Å². The number of esters is 1. The SMILES string of the molecule is CC(C)(C)[Si](C)(C)O[C@H]1CC[C@@]2(C)OC(=O)[C@H](C[C@H]2I)C(=O)C1. The van der Waals surface area contributed by atoms with Crippen molar-refractivity contribution >= 4 is 42.7 Å². The van der Waals surface area contributed by atoms with Crippen LogP contribution in [0.25, 0.3) is 0 Å². The summed E-state index contributed by atoms with van der Waals surface area (Å²) in [6.07, 6.45) is 2.37. The Hall–Kier alpha value is 0.0469. The first-order valence-electron chi connectivity index (χ1n) is 8.43. The fraction of sp³-hybridized carbons (Fsp3) is 0.882. The molecule has 0 N–H and O–H groups in total. The molecule has 4 atom stereocenters. The molecule has 0 spiro atoms. The Balaban J connectivity index is 2.23. The van der Waals surface area contributed by atoms with Gasteiger partial charge in [0.2, 0.25) is 0 Å². The van der Waals surface area contributed by atoms with Gasteiger partial charge in [-0.05, 0) is 44.3 Å². The summed E-state index contributed by atoms with van der Waals surface area (Å²) in [4.78, 5) is 24.8. The summed E-state index contributed by atoms with van der Waals surface area (Å²) in [7, 11) is -1.94. The fourth-order valence-electron chi connectivity index (χ4n) is 3.00. The van der Waals surface area contributed by atoms with E-state index < -0.39 is 19.8 Å². The number of halogens is 1. The highest BCUT2D eigenvalue weighted by atomic mass is 127. The Labute approximate surface area is 154 Å². The number of rotatable bonds is 2. The minimum atomic E-state index is -1.94. The molecule has 6 heteroatoms. The van der Waals surface area contributed by atoms with Gasteiger partial charge in [0.15, 0.2) is 8.32 Å². The Morgan fingerprint density at radius 1 is 1.30 bits per heavy atom. The van der Waals surface area contributed by atoms with Gasteiger partial charge in [0, 0.05) is 6.42 Å². The summed E-state index contributed by atoms with van der Waals surface area (Å²) in [5, 5.41) is 0.107. The quantitative estimate of drug-likeness (QED) is 0.207. The molecular weight excluding hydrogens is 423 g/mol. The van der Waals surface area contributed by atoms with Crippen LogP contribution in [0, 0.1) is 5.92 Å². The number of alkyl halides is 1. The number of carbonyl (C=O) groups excluding carboxylic acids is 2. The molecule has 2 aliphatic heterocycles. The molecule has 2 saturated heterocycles. The van der Waals surface area contributed by atoms with E-state index in [9.17, 15) is 9.59 Å². The first-order valence-corrected chi connectivity index (χ1v) is 12.6. The number of fused-ring (bicyclic) bond motifs is 6. The first kappa shape index (κ1) is 19.4. The van der Waals surface area contributed by atoms with Crippen LogP contribution in [0.15, 0.2) is 0 Å². The zero-order valence-electron chi connectivity index (χ0n) is 15.1. The maximum Gasteiger partial charge on any atom is 0.317 e. The average Bonchev–Trinajstić information content (AvgIpc) is 2.44. The number of ether oxygens (including phenoxy) is 1. The summed E-state index contributed by atoms with van der Waals surface area (Å²) in [6.45, 7) is 13.0. The highest BCUT2D eigenvalue weighted by Gasteiger charge is 2.50. The molecule has 0 aromatic rings. The average molecular weight is 452 g/mol. The van der Waals surface area contributed by atoms with Crippen LogP contribution < -0.4 is 0 Å². The Morgan fingerprint density at radius 2 is 1.91 bits per heavy atom. The van der Waals surface area contributed by atoms with Crippen molar-refractivity contribution in [3.8, 4) is 0 Å². The van der Waals surface area contributed by atoms with Crippen molar-refractivity contribution in [1.29, 1.82) is 0 Å². The van der Waals surface area contributed by atoms with Gasteiger partial charge in [-0.15, -0.1) is 0 Å². The van der Waals surface area contributed by atoms with E-state index in [4.69, 9.17) is 9.16 Å². The lowest BCUT2D eigenvalue weighted by Gasteiger charge is -2.40. The van der Waals surface area contributed by atoms with E-state index in [-0.39, 0.29) is 26.8 Å². The number of carbonyl (C=O) groups is 2. The van der Waals surface area contributed by atoms with Crippen LogP contribution in [-0.4, -0.2) is 35.7 Å². The van der Waals surface area contributed by atoms with E-state index in [1.807, 2.05) is 6.92 Å². The molecule has 1 aliphatic carbocycles. The molecule has 4 nitrogen and oxygen atoms in total. The van der Waals surface area contributed by atoms with Gasteiger partial charge in [0.25, 0.3) is 0 Å². The second-order valence-corrected chi connectivity index (χ2v) is 15.0. The molecule has 3 rings (SSSR count). The maximum absolute atomic E-state index is 12.6. The van der Waals surface area contributed by atoms with Gasteiger partial charge >= 0.3 is 5.97 Å². The second-order valence-electron chi connectivity index (χ2n) is 8.70. The highest BCUT2D eigenvalue weighted by Crippen LogP contribution is 2.43. The fourth-order valence-corrected chi connectivity index (χ4v) is 5.33. The van der Waals surface area contributed by atoms with Crippen molar-refractivity contribution in [2.75, 3.05) is 0 Å². The normalized spacial score (nSPS) is 36.2. The minimum absolute atomic E-state index is 0.00988. The lowest BCUT2D eigenvalue weighted by Crippen LogP contribution is -2.49. The van der Waals surface area contributed by atoms with Gasteiger partial charge in [0.05, 0.1) is 10.0 Å². The van der Waals surface area contributed by atoms with Crippen molar-refractivity contribution in [3.05, 3.63) is 0 Å². The van der Waals surface area contributed by atoms with E-state index in [1.165, 1.54) is 0 Å². The highest BCUT2D eigenvalue weighted by molar-refractivity contribution is 14.1. The Bertz CT molecular complexity index is 499. The van der Waals surface area contributed by atoms with Crippen LogP contribution in [0.3, 0.4) is 0 Å². The van der Waals surface area contributed by atoms with Crippen molar-refractivity contribution in [3.63, 3.8) is 0 Å². The standard InChI is InChI=1S/C17H29IO4Si/c1-16(2,3)23(5,6)22-11-7-8-17(4)14(18)10-12(13(19)9-11)15(20)21-17/h11-12,14H,7-10H2,1-6H3/t11-,12+,14+,17+/m0/s1. The van der Waals surface area contributed by atoms with Crippen LogP contribution in [0.2, 0.25) is 18.1 Å². The van der Waals surface area contributed by atoms with Gasteiger partial charge in [-0.25, -0.2) is 0 Å². The zero-order valence-corrected chi connectivity index (χ0v) is 18.2. The topological polar surface area (TPSA) is 52.6 Å². The Kier molecular flexibility index (Phi) is 5.40. The Morgan fingerprint density at radius 3 is 2.48 bits per heavy atom. The zero-order chi connectivity index (χ0) is 17.6. The monoisotopic (exact) mass is 452 g/mol. The molecule has 132 valence electrons. The van der Waals surface area contributed by atoms with Crippen LogP contribution in [0.4, 0.5) is 0 Å². The summed E-state index contributed by atoms with van der Waals surface area (Å²) >= 11 is 2.33. The van der Waals surface area contributed by atoms with E-state index in [0.29, 0.717) is 12.8 Å². The van der Waals surface area contributed by atoms with E-state index >= 15 is 0 Å². The van der Waals surface area contributed by atoms with Gasteiger partial charge in [0.1, 0.15) is 17.3 Å². The largest absolute Gasteiger partial charge is 0.458 e. The van der Waals surface area contributed by atoms with Gasteiger partial charge in [-0.2, -0.15) is 0 Å². The lowest BCUT2D eigenvalue weighted by molar-refractivity contribution is -0.172. The van der Waals surface area contributed by atoms with E-state index in [2.05, 4.69) is 56.5 Å². The van der Waals surface area contributed by atoms with Crippen LogP contribution in [0.1, 0.15) is 53.4 Å². The summed E-state index contributed by atoms with van der Waals surface area (Å²) in [5.74, 6) is -0.948. The van der Waals surface area contributed by atoms with Crippen molar-refractivity contribution in [2.45, 2.75) is 87.1 Å². The van der Waals surface area contributed by atoms with Crippen LogP contribution in [-0.2, 0) is 18.8 Å². The van der Waals surface area contributed by atoms with E-state index in [0.717, 1.165) is 12.8 Å². The van der Waals surface area contributed by atoms with Gasteiger partial charge < -0.3 is 9.16 Å². The molecule has 0 unspecified atom stereocenters. The predicted octanol–water partition coefficient (Wildman–Crippen LogP) is 4.26. The van der Waals surface area contributed by atoms with Crippen molar-refractivity contribution < 1.29 is 18.8 Å². The smallest absolute Gasteiger partial charge is 0.317 e. The molecule has 2 bridgehead atoms. The molecule has 0 aromatic heterocycles. The number of hydrogen-bond donors (Lipinski definition) is 0. The maximum atomic E-state index is 12.6. The number of Topliss-reactive ketones (excluding diaryl/α,β-unsaturated/α-hetero) is 1. The van der Waals surface area contributed by atoms with Gasteiger partial charge in [-0.1, -0.05) is 43.4 Å². The third-order valence-corrected chi connectivity index (χ3v) is 12.1. The second kappa shape index (κ2) is 6.41. The van der Waals surface area contributed by atoms with Gasteiger partial charge in [-0.3, -0.25) is 9.59 Å². The summed E-state index contributed by atoms with van der Waals surface area (Å²) in [5.41, 5.74) is -0.478. The summed E-state index contributed by atoms with van der Waals surface area (Å²) < 4.78 is 12.3. The van der Waals surface area contributed by atoms with Crippen molar-refractivity contribution in [2.24, 2.45) is 5.92 Å². The molecule has 0 amide bonds. The molecule has 3 aliphatic rings. The molecule has 3 fully saturated rings. The predicted molar refractivity (Wildman–Crippen MR) is 101 cm³/mol. The number of hydrogen-bond acceptors (Lipinski definition) is 4. The third kappa shape index (κ3) is 4.00. The lowest BCUT2D eigenvalue weighted by atomic mass is 9.86. The van der Waals surface area contributed by atoms with Crippen LogP contribution >= 0.6 is 22.6 Å².